The van der Waals surface area contributed by atoms with Gasteiger partial charge in [-0.05, 0) is 95.7 Å². The number of hydrogen-bond donors (Lipinski definition) is 0. The molecule has 0 atom stereocenters. The van der Waals surface area contributed by atoms with Crippen LogP contribution in [0.15, 0.2) is 192 Å². The third-order valence-electron chi connectivity index (χ3n) is 9.01. The first-order valence-electron chi connectivity index (χ1n) is 16.5. The zero-order valence-electron chi connectivity index (χ0n) is 26.6. The average molecular weight is 630 g/mol. The molecule has 0 aliphatic rings. The first-order chi connectivity index (χ1) is 24.3. The summed E-state index contributed by atoms with van der Waals surface area (Å²) in [6.07, 6.45) is 0. The van der Waals surface area contributed by atoms with E-state index in [4.69, 9.17) is 9.40 Å². The van der Waals surface area contributed by atoms with Crippen molar-refractivity contribution in [3.63, 3.8) is 0 Å². The van der Waals surface area contributed by atoms with E-state index in [1.54, 1.807) is 0 Å². The van der Waals surface area contributed by atoms with Crippen molar-refractivity contribution in [2.75, 3.05) is 9.80 Å². The van der Waals surface area contributed by atoms with Crippen molar-refractivity contribution >= 4 is 66.8 Å². The van der Waals surface area contributed by atoms with E-state index in [0.717, 1.165) is 72.3 Å². The monoisotopic (exact) mass is 629 g/mol. The minimum absolute atomic E-state index is 0.592. The van der Waals surface area contributed by atoms with Gasteiger partial charge in [-0.3, -0.25) is 0 Å². The van der Waals surface area contributed by atoms with E-state index in [0.29, 0.717) is 5.89 Å². The number of anilines is 6. The van der Waals surface area contributed by atoms with Crippen LogP contribution in [0.25, 0.3) is 44.1 Å². The standard InChI is InChI=1S/C45H31N3O/c1-5-17-33(18-6-1)47(34-19-7-2-8-20-34)37-25-15-16-32(30-37)45-46-43-40-29-28-38(31-42(40)39-26-13-14-27-41(39)44(43)49-45)48(35-21-9-3-10-22-35)36-23-11-4-12-24-36/h1-31H. The van der Waals surface area contributed by atoms with Crippen molar-refractivity contribution < 1.29 is 4.42 Å². The van der Waals surface area contributed by atoms with Crippen LogP contribution >= 0.6 is 0 Å². The van der Waals surface area contributed by atoms with E-state index in [-0.39, 0.29) is 0 Å². The highest BCUT2D eigenvalue weighted by Gasteiger charge is 2.20. The van der Waals surface area contributed by atoms with E-state index < -0.39 is 0 Å². The molecule has 0 fully saturated rings. The van der Waals surface area contributed by atoms with Crippen LogP contribution in [0.4, 0.5) is 34.1 Å². The molecular formula is C45H31N3O. The fourth-order valence-corrected chi connectivity index (χ4v) is 6.81. The maximum absolute atomic E-state index is 6.70. The second-order valence-electron chi connectivity index (χ2n) is 12.0. The molecular weight excluding hydrogens is 599 g/mol. The van der Waals surface area contributed by atoms with Crippen LogP contribution in [0.3, 0.4) is 0 Å². The normalized spacial score (nSPS) is 11.3. The van der Waals surface area contributed by atoms with Gasteiger partial charge in [0, 0.05) is 50.5 Å². The van der Waals surface area contributed by atoms with Crippen LogP contribution in [-0.2, 0) is 0 Å². The molecule has 1 heterocycles. The Balaban J connectivity index is 1.21. The van der Waals surface area contributed by atoms with E-state index in [1.807, 2.05) is 12.1 Å². The molecule has 9 aromatic rings. The summed E-state index contributed by atoms with van der Waals surface area (Å²) in [7, 11) is 0. The summed E-state index contributed by atoms with van der Waals surface area (Å²) < 4.78 is 6.70. The molecule has 0 aliphatic carbocycles. The largest absolute Gasteiger partial charge is 0.435 e. The lowest BCUT2D eigenvalue weighted by molar-refractivity contribution is 0.623. The van der Waals surface area contributed by atoms with E-state index in [9.17, 15) is 0 Å². The molecule has 0 saturated carbocycles. The molecule has 0 bridgehead atoms. The molecule has 4 heteroatoms. The van der Waals surface area contributed by atoms with Gasteiger partial charge >= 0.3 is 0 Å². The molecule has 0 unspecified atom stereocenters. The quantitative estimate of drug-likeness (QED) is 0.164. The predicted molar refractivity (Wildman–Crippen MR) is 204 cm³/mol. The van der Waals surface area contributed by atoms with Gasteiger partial charge in [0.15, 0.2) is 5.58 Å². The smallest absolute Gasteiger partial charge is 0.227 e. The fourth-order valence-electron chi connectivity index (χ4n) is 6.81. The number of para-hydroxylation sites is 4. The maximum atomic E-state index is 6.70. The van der Waals surface area contributed by atoms with Crippen LogP contribution in [0, 0.1) is 0 Å². The summed E-state index contributed by atoms with van der Waals surface area (Å²) >= 11 is 0. The SMILES string of the molecule is c1ccc(N(c2ccccc2)c2cccc(-c3nc4c5ccc(N(c6ccccc6)c6ccccc6)cc5c5ccccc5c4o3)c2)cc1. The van der Waals surface area contributed by atoms with E-state index in [2.05, 4.69) is 186 Å². The zero-order valence-corrected chi connectivity index (χ0v) is 26.6. The van der Waals surface area contributed by atoms with Gasteiger partial charge in [0.05, 0.1) is 0 Å². The summed E-state index contributed by atoms with van der Waals surface area (Å²) in [5, 5.41) is 4.35. The van der Waals surface area contributed by atoms with Gasteiger partial charge in [0.25, 0.3) is 0 Å². The van der Waals surface area contributed by atoms with Crippen LogP contribution in [-0.4, -0.2) is 4.98 Å². The lowest BCUT2D eigenvalue weighted by atomic mass is 9.99. The maximum Gasteiger partial charge on any atom is 0.227 e. The van der Waals surface area contributed by atoms with Crippen LogP contribution < -0.4 is 9.80 Å². The van der Waals surface area contributed by atoms with Gasteiger partial charge in [0.2, 0.25) is 5.89 Å². The van der Waals surface area contributed by atoms with Crippen molar-refractivity contribution in [1.82, 2.24) is 4.98 Å². The molecule has 0 N–H and O–H groups in total. The molecule has 0 spiro atoms. The summed E-state index contributed by atoms with van der Waals surface area (Å²) in [6.45, 7) is 0. The topological polar surface area (TPSA) is 32.5 Å². The lowest BCUT2D eigenvalue weighted by Gasteiger charge is -2.25. The number of fused-ring (bicyclic) bond motifs is 6. The van der Waals surface area contributed by atoms with Gasteiger partial charge in [-0.25, -0.2) is 4.98 Å². The molecule has 1 aromatic heterocycles. The third kappa shape index (κ3) is 5.16. The first kappa shape index (κ1) is 28.6. The summed E-state index contributed by atoms with van der Waals surface area (Å²) in [5.74, 6) is 0.592. The number of oxazole rings is 1. The molecule has 49 heavy (non-hydrogen) atoms. The first-order valence-corrected chi connectivity index (χ1v) is 16.5. The molecule has 0 saturated heterocycles. The Bertz CT molecular complexity index is 2470. The van der Waals surface area contributed by atoms with Crippen LogP contribution in [0.5, 0.6) is 0 Å². The third-order valence-corrected chi connectivity index (χ3v) is 9.01. The zero-order chi connectivity index (χ0) is 32.6. The van der Waals surface area contributed by atoms with Gasteiger partial charge in [0.1, 0.15) is 5.52 Å². The Kier molecular flexibility index (Phi) is 7.10. The molecule has 0 amide bonds. The molecule has 0 aliphatic heterocycles. The molecule has 232 valence electrons. The van der Waals surface area contributed by atoms with Crippen LogP contribution in [0.2, 0.25) is 0 Å². The Morgan fingerprint density at radius 2 is 0.816 bits per heavy atom. The van der Waals surface area contributed by atoms with E-state index in [1.165, 1.54) is 0 Å². The van der Waals surface area contributed by atoms with E-state index >= 15 is 0 Å². The lowest BCUT2D eigenvalue weighted by Crippen LogP contribution is -2.09. The second kappa shape index (κ2) is 12.2. The number of aromatic nitrogens is 1. The Morgan fingerprint density at radius 1 is 0.347 bits per heavy atom. The Morgan fingerprint density at radius 3 is 1.37 bits per heavy atom. The van der Waals surface area contributed by atoms with Crippen molar-refractivity contribution in [3.05, 3.63) is 188 Å². The Hall–Kier alpha value is -6.65. The van der Waals surface area contributed by atoms with Gasteiger partial charge in [-0.2, -0.15) is 0 Å². The Labute approximate surface area is 284 Å². The molecule has 9 rings (SSSR count). The minimum atomic E-state index is 0.592. The van der Waals surface area contributed by atoms with Crippen molar-refractivity contribution in [1.29, 1.82) is 0 Å². The van der Waals surface area contributed by atoms with Gasteiger partial charge in [-0.15, -0.1) is 0 Å². The predicted octanol–water partition coefficient (Wildman–Crippen LogP) is 12.7. The van der Waals surface area contributed by atoms with Crippen LogP contribution in [0.1, 0.15) is 0 Å². The fraction of sp³-hybridized carbons (Fsp3) is 0. The molecule has 8 aromatic carbocycles. The van der Waals surface area contributed by atoms with Crippen molar-refractivity contribution in [2.45, 2.75) is 0 Å². The number of hydrogen-bond acceptors (Lipinski definition) is 4. The van der Waals surface area contributed by atoms with Gasteiger partial charge < -0.3 is 14.2 Å². The molecule has 0 radical (unpaired) electrons. The summed E-state index contributed by atoms with van der Waals surface area (Å²) in [4.78, 5) is 9.75. The highest BCUT2D eigenvalue weighted by atomic mass is 16.3. The highest BCUT2D eigenvalue weighted by Crippen LogP contribution is 2.42. The van der Waals surface area contributed by atoms with Crippen molar-refractivity contribution in [2.24, 2.45) is 0 Å². The highest BCUT2D eigenvalue weighted by molar-refractivity contribution is 6.23. The van der Waals surface area contributed by atoms with Gasteiger partial charge in [-0.1, -0.05) is 103 Å². The number of benzene rings is 8. The number of rotatable bonds is 7. The summed E-state index contributed by atoms with van der Waals surface area (Å²) in [5.41, 5.74) is 9.03. The molecule has 4 nitrogen and oxygen atoms in total. The minimum Gasteiger partial charge on any atom is -0.435 e. The number of nitrogens with zero attached hydrogens (tertiary/aromatic N) is 3. The van der Waals surface area contributed by atoms with Crippen molar-refractivity contribution in [3.8, 4) is 11.5 Å². The second-order valence-corrected chi connectivity index (χ2v) is 12.0. The average Bonchev–Trinajstić information content (AvgIpc) is 3.63. The summed E-state index contributed by atoms with van der Waals surface area (Å²) in [6, 6.07) is 65.4.